The van der Waals surface area contributed by atoms with E-state index in [1.165, 1.54) is 75.4 Å². The summed E-state index contributed by atoms with van der Waals surface area (Å²) in [7, 11) is 0. The molecular weight excluding hydrogens is 775 g/mol. The first kappa shape index (κ1) is 32.8. The molecule has 0 fully saturated rings. The van der Waals surface area contributed by atoms with E-state index in [2.05, 4.69) is 201 Å². The molecule has 15 rings (SSSR count). The zero-order valence-electron chi connectivity index (χ0n) is 33.0. The molecule has 0 radical (unpaired) electrons. The molecule has 0 amide bonds. The fourth-order valence-corrected chi connectivity index (χ4v) is 11.9. The van der Waals surface area contributed by atoms with Gasteiger partial charge in [-0.15, -0.1) is 11.3 Å². The molecule has 0 bridgehead atoms. The van der Waals surface area contributed by atoms with Crippen molar-refractivity contribution in [2.45, 2.75) is 0 Å². The lowest BCUT2D eigenvalue weighted by Crippen LogP contribution is -2.02. The normalized spacial score (nSPS) is 12.5. The summed E-state index contributed by atoms with van der Waals surface area (Å²) in [6, 6.07) is 68.7. The highest BCUT2D eigenvalue weighted by Gasteiger charge is 2.23. The van der Waals surface area contributed by atoms with Crippen LogP contribution in [0.1, 0.15) is 0 Å². The molecule has 6 aromatic heterocycles. The van der Waals surface area contributed by atoms with E-state index in [4.69, 9.17) is 9.97 Å². The number of aromatic nitrogens is 5. The summed E-state index contributed by atoms with van der Waals surface area (Å²) in [5.41, 5.74) is 14.7. The maximum absolute atomic E-state index is 5.46. The van der Waals surface area contributed by atoms with E-state index in [-0.39, 0.29) is 0 Å². The van der Waals surface area contributed by atoms with Gasteiger partial charge in [0.05, 0.1) is 60.0 Å². The smallest absolute Gasteiger partial charge is 0.235 e. The highest BCUT2D eigenvalue weighted by atomic mass is 32.1. The molecule has 0 saturated carbocycles. The van der Waals surface area contributed by atoms with Crippen LogP contribution in [0.5, 0.6) is 0 Å². The molecule has 9 aromatic carbocycles. The summed E-state index contributed by atoms with van der Waals surface area (Å²) < 4.78 is 9.63. The maximum Gasteiger partial charge on any atom is 0.235 e. The van der Waals surface area contributed by atoms with Crippen molar-refractivity contribution >= 4 is 119 Å². The fourth-order valence-electron chi connectivity index (χ4n) is 10.7. The predicted octanol–water partition coefficient (Wildman–Crippen LogP) is 15.0. The second-order valence-electron chi connectivity index (χ2n) is 16.5. The molecule has 0 aliphatic rings. The van der Waals surface area contributed by atoms with Crippen LogP contribution in [0.25, 0.3) is 136 Å². The quantitative estimate of drug-likeness (QED) is 0.178. The van der Waals surface area contributed by atoms with Crippen LogP contribution in [0, 0.1) is 0 Å². The van der Waals surface area contributed by atoms with Gasteiger partial charge < -0.3 is 8.80 Å². The minimum absolute atomic E-state index is 0.667. The lowest BCUT2D eigenvalue weighted by molar-refractivity contribution is 1.02. The Balaban J connectivity index is 1.05. The molecule has 0 aliphatic heterocycles. The third-order valence-corrected chi connectivity index (χ3v) is 14.5. The second kappa shape index (κ2) is 11.8. The molecule has 0 atom stereocenters. The molecular formula is C56H31N5S. The van der Waals surface area contributed by atoms with Gasteiger partial charge in [-0.05, 0) is 59.0 Å². The van der Waals surface area contributed by atoms with Crippen LogP contribution in [-0.2, 0) is 0 Å². The number of para-hydroxylation sites is 3. The number of hydrogen-bond acceptors (Lipinski definition) is 3. The van der Waals surface area contributed by atoms with Crippen molar-refractivity contribution in [2.75, 3.05) is 0 Å². The highest BCUT2D eigenvalue weighted by molar-refractivity contribution is 7.26. The summed E-state index contributed by atoms with van der Waals surface area (Å²) in [5.74, 6) is 0.667. The van der Waals surface area contributed by atoms with Gasteiger partial charge in [0.25, 0.3) is 0 Å². The molecule has 0 unspecified atom stereocenters. The van der Waals surface area contributed by atoms with Gasteiger partial charge in [-0.2, -0.15) is 0 Å². The highest BCUT2D eigenvalue weighted by Crippen LogP contribution is 2.45. The van der Waals surface area contributed by atoms with Gasteiger partial charge in [-0.25, -0.2) is 9.97 Å². The summed E-state index contributed by atoms with van der Waals surface area (Å²) in [5, 5.41) is 11.1. The van der Waals surface area contributed by atoms with Crippen LogP contribution in [0.2, 0.25) is 0 Å². The number of nitrogens with zero attached hydrogens (tertiary/aromatic N) is 5. The summed E-state index contributed by atoms with van der Waals surface area (Å²) >= 11 is 1.76. The molecule has 15 aromatic rings. The van der Waals surface area contributed by atoms with Gasteiger partial charge in [0.15, 0.2) is 0 Å². The summed E-state index contributed by atoms with van der Waals surface area (Å²) in [4.78, 5) is 10.9. The Bertz CT molecular complexity index is 4390. The van der Waals surface area contributed by atoms with Crippen molar-refractivity contribution in [3.63, 3.8) is 0 Å². The van der Waals surface area contributed by atoms with Gasteiger partial charge in [0.1, 0.15) is 0 Å². The SMILES string of the molecule is c1ccc(-c2nc(-n3c4ccccc4c4ccc(-c5ccc6c(c5)n5c7ccccc7c7ccc8ccc9c%10ccccc%10n6c9c8c75)cc43)nc3c2sc2ccccc23)cc1. The summed E-state index contributed by atoms with van der Waals surface area (Å²) in [6.07, 6.45) is 0. The van der Waals surface area contributed by atoms with Crippen LogP contribution in [0.4, 0.5) is 0 Å². The lowest BCUT2D eigenvalue weighted by atomic mass is 10.0. The van der Waals surface area contributed by atoms with Gasteiger partial charge in [0.2, 0.25) is 5.95 Å². The van der Waals surface area contributed by atoms with E-state index in [0.29, 0.717) is 5.95 Å². The number of thiophene rings is 1. The molecule has 5 nitrogen and oxygen atoms in total. The largest absolute Gasteiger partial charge is 0.306 e. The van der Waals surface area contributed by atoms with Crippen LogP contribution in [-0.4, -0.2) is 23.3 Å². The first-order valence-corrected chi connectivity index (χ1v) is 21.9. The van der Waals surface area contributed by atoms with Gasteiger partial charge in [0, 0.05) is 53.4 Å². The lowest BCUT2D eigenvalue weighted by Gasteiger charge is -2.11. The molecule has 62 heavy (non-hydrogen) atoms. The molecule has 6 heterocycles. The number of hydrogen-bond donors (Lipinski definition) is 0. The Hall–Kier alpha value is -8.06. The topological polar surface area (TPSA) is 39.5 Å². The maximum atomic E-state index is 5.46. The van der Waals surface area contributed by atoms with Gasteiger partial charge in [-0.3, -0.25) is 4.57 Å². The van der Waals surface area contributed by atoms with E-state index < -0.39 is 0 Å². The average molecular weight is 806 g/mol. The molecule has 0 N–H and O–H groups in total. The van der Waals surface area contributed by atoms with Crippen LogP contribution < -0.4 is 0 Å². The third kappa shape index (κ3) is 4.16. The van der Waals surface area contributed by atoms with Crippen molar-refractivity contribution in [1.82, 2.24) is 23.3 Å². The van der Waals surface area contributed by atoms with Crippen molar-refractivity contribution in [3.05, 3.63) is 188 Å². The molecule has 0 saturated heterocycles. The number of rotatable bonds is 3. The van der Waals surface area contributed by atoms with E-state index >= 15 is 0 Å². The van der Waals surface area contributed by atoms with Crippen molar-refractivity contribution in [3.8, 4) is 28.3 Å². The predicted molar refractivity (Wildman–Crippen MR) is 261 cm³/mol. The monoisotopic (exact) mass is 805 g/mol. The zero-order chi connectivity index (χ0) is 40.2. The van der Waals surface area contributed by atoms with Gasteiger partial charge >= 0.3 is 0 Å². The average Bonchev–Trinajstić information content (AvgIpc) is 4.05. The molecule has 0 aliphatic carbocycles. The fraction of sp³-hybridized carbons (Fsp3) is 0. The second-order valence-corrected chi connectivity index (χ2v) is 17.6. The Morgan fingerprint density at radius 2 is 0.919 bits per heavy atom. The van der Waals surface area contributed by atoms with Crippen LogP contribution >= 0.6 is 11.3 Å². The van der Waals surface area contributed by atoms with Crippen LogP contribution in [0.3, 0.4) is 0 Å². The first-order chi connectivity index (χ1) is 30.8. The number of fused-ring (bicyclic) bond motifs is 15. The first-order valence-electron chi connectivity index (χ1n) is 21.1. The Morgan fingerprint density at radius 1 is 0.371 bits per heavy atom. The Labute approximate surface area is 356 Å². The Kier molecular flexibility index (Phi) is 6.24. The van der Waals surface area contributed by atoms with Crippen molar-refractivity contribution in [2.24, 2.45) is 0 Å². The van der Waals surface area contributed by atoms with Crippen LogP contribution in [0.15, 0.2) is 188 Å². The standard InChI is InChI=1S/C56H31N5S/c1-2-12-33(13-3-1)51-55-52(42-17-7-11-21-49(42)62-55)58-56(57-51)61-45-20-10-4-14-36(45)39-26-24-34(30-47(39)61)35-25-29-46-48(31-35)60-44-19-9-6-16-38(44)41-28-23-32-22-27-40-37-15-5-8-18-43(37)59(46)53(40)50(32)54(41)60/h1-31H. The minimum Gasteiger partial charge on any atom is -0.306 e. The molecule has 286 valence electrons. The third-order valence-electron chi connectivity index (χ3n) is 13.4. The van der Waals surface area contributed by atoms with Crippen molar-refractivity contribution < 1.29 is 0 Å². The summed E-state index contributed by atoms with van der Waals surface area (Å²) in [6.45, 7) is 0. The van der Waals surface area contributed by atoms with E-state index in [0.717, 1.165) is 54.5 Å². The van der Waals surface area contributed by atoms with Crippen molar-refractivity contribution in [1.29, 1.82) is 0 Å². The molecule has 6 heteroatoms. The van der Waals surface area contributed by atoms with E-state index in [1.807, 2.05) is 0 Å². The van der Waals surface area contributed by atoms with E-state index in [9.17, 15) is 0 Å². The molecule has 0 spiro atoms. The number of benzene rings is 9. The minimum atomic E-state index is 0.667. The zero-order valence-corrected chi connectivity index (χ0v) is 33.9. The van der Waals surface area contributed by atoms with E-state index in [1.54, 1.807) is 11.3 Å². The van der Waals surface area contributed by atoms with Gasteiger partial charge in [-0.1, -0.05) is 146 Å². The Morgan fingerprint density at radius 3 is 1.65 bits per heavy atom.